The predicted octanol–water partition coefficient (Wildman–Crippen LogP) is 1.56. The van der Waals surface area contributed by atoms with Crippen molar-refractivity contribution in [2.24, 2.45) is 0 Å². The fourth-order valence-electron chi connectivity index (χ4n) is 2.80. The lowest BCUT2D eigenvalue weighted by atomic mass is 10.1. The van der Waals surface area contributed by atoms with E-state index in [9.17, 15) is 9.59 Å². The average molecular weight is 381 g/mol. The fraction of sp³-hybridized carbons (Fsp3) is 0.167. The number of anilines is 1. The third kappa shape index (κ3) is 3.22. The number of imidazole rings is 1. The molecular weight excluding hydrogens is 362 g/mol. The molecule has 0 aliphatic heterocycles. The normalized spacial score (nSPS) is 10.6. The number of nitrogens with one attached hydrogen (secondary N) is 2. The van der Waals surface area contributed by atoms with E-state index in [1.54, 1.807) is 36.5 Å². The van der Waals surface area contributed by atoms with Crippen LogP contribution in [-0.2, 0) is 11.3 Å². The zero-order chi connectivity index (χ0) is 19.0. The Bertz CT molecular complexity index is 1190. The Balaban J connectivity index is 0.00000225. The Hall–Kier alpha value is -3.95. The number of nitrogen functional groups attached to an aromatic ring is 1. The molecule has 10 nitrogen and oxygen atoms in total. The number of ether oxygens (including phenoxy) is 1. The zero-order valence-corrected chi connectivity index (χ0v) is 14.3. The molecule has 0 amide bonds. The maximum atomic E-state index is 12.4. The molecule has 0 bridgehead atoms. The van der Waals surface area contributed by atoms with Crippen molar-refractivity contribution in [1.29, 1.82) is 0 Å². The minimum absolute atomic E-state index is 0. The number of carbonyl (C=O) groups is 1. The number of hydrogen-bond acceptors (Lipinski definition) is 7. The Labute approximate surface area is 159 Å². The van der Waals surface area contributed by atoms with Crippen LogP contribution in [0.25, 0.3) is 22.7 Å². The largest absolute Gasteiger partial charge is 0.465 e. The van der Waals surface area contributed by atoms with E-state index in [1.165, 1.54) is 11.7 Å². The Morgan fingerprint density at radius 2 is 2.11 bits per heavy atom. The molecule has 0 radical (unpaired) electrons. The summed E-state index contributed by atoms with van der Waals surface area (Å²) < 4.78 is 6.17. The van der Waals surface area contributed by atoms with Gasteiger partial charge in [0.25, 0.3) is 0 Å². The van der Waals surface area contributed by atoms with E-state index < -0.39 is 5.97 Å². The van der Waals surface area contributed by atoms with E-state index in [0.29, 0.717) is 28.2 Å². The van der Waals surface area contributed by atoms with Crippen molar-refractivity contribution in [3.63, 3.8) is 0 Å². The SMILES string of the molecule is C.COC(=O)c1cccc(Cn2c(=O)[nH]c3c(N)nc(-c4ccn[nH]4)nc32)c1. The van der Waals surface area contributed by atoms with Gasteiger partial charge in [-0.05, 0) is 23.8 Å². The molecule has 0 saturated heterocycles. The molecule has 0 unspecified atom stereocenters. The van der Waals surface area contributed by atoms with E-state index in [0.717, 1.165) is 5.56 Å². The van der Waals surface area contributed by atoms with E-state index in [1.807, 2.05) is 0 Å². The van der Waals surface area contributed by atoms with Crippen LogP contribution in [0.3, 0.4) is 0 Å². The lowest BCUT2D eigenvalue weighted by molar-refractivity contribution is 0.0600. The van der Waals surface area contributed by atoms with Gasteiger partial charge in [0.2, 0.25) is 0 Å². The number of aromatic nitrogens is 6. The molecule has 144 valence electrons. The number of esters is 1. The van der Waals surface area contributed by atoms with Gasteiger partial charge in [-0.25, -0.2) is 19.6 Å². The van der Waals surface area contributed by atoms with Gasteiger partial charge in [0.1, 0.15) is 11.2 Å². The number of H-pyrrole nitrogens is 2. The first-order valence-corrected chi connectivity index (χ1v) is 8.00. The van der Waals surface area contributed by atoms with Crippen molar-refractivity contribution in [3.05, 3.63) is 58.1 Å². The van der Waals surface area contributed by atoms with Crippen molar-refractivity contribution in [3.8, 4) is 11.5 Å². The number of benzene rings is 1. The Morgan fingerprint density at radius 1 is 1.29 bits per heavy atom. The summed E-state index contributed by atoms with van der Waals surface area (Å²) in [5.74, 6) is 0.0357. The molecule has 0 saturated carbocycles. The molecule has 1 aromatic carbocycles. The number of fused-ring (bicyclic) bond motifs is 1. The number of rotatable bonds is 4. The van der Waals surface area contributed by atoms with Crippen molar-refractivity contribution in [2.45, 2.75) is 14.0 Å². The van der Waals surface area contributed by atoms with Crippen LogP contribution in [0.2, 0.25) is 0 Å². The molecular formula is C18H19N7O3. The summed E-state index contributed by atoms with van der Waals surface area (Å²) in [6, 6.07) is 8.54. The molecule has 4 N–H and O–H groups in total. The highest BCUT2D eigenvalue weighted by Gasteiger charge is 2.16. The smallest absolute Gasteiger partial charge is 0.337 e. The van der Waals surface area contributed by atoms with Gasteiger partial charge in [0.15, 0.2) is 17.3 Å². The summed E-state index contributed by atoms with van der Waals surface area (Å²) in [4.78, 5) is 35.5. The van der Waals surface area contributed by atoms with E-state index in [-0.39, 0.29) is 25.5 Å². The quantitative estimate of drug-likeness (QED) is 0.455. The van der Waals surface area contributed by atoms with Crippen molar-refractivity contribution < 1.29 is 9.53 Å². The highest BCUT2D eigenvalue weighted by molar-refractivity contribution is 5.89. The maximum Gasteiger partial charge on any atom is 0.337 e. The lowest BCUT2D eigenvalue weighted by Crippen LogP contribution is -2.18. The highest BCUT2D eigenvalue weighted by Crippen LogP contribution is 2.20. The molecule has 0 aliphatic rings. The average Bonchev–Trinajstić information content (AvgIpc) is 3.31. The number of carbonyl (C=O) groups excluding carboxylic acids is 1. The van der Waals surface area contributed by atoms with Crippen molar-refractivity contribution in [2.75, 3.05) is 12.8 Å². The van der Waals surface area contributed by atoms with Gasteiger partial charge < -0.3 is 15.5 Å². The second kappa shape index (κ2) is 7.35. The van der Waals surface area contributed by atoms with Crippen molar-refractivity contribution in [1.82, 2.24) is 29.7 Å². The monoisotopic (exact) mass is 381 g/mol. The predicted molar refractivity (Wildman–Crippen MR) is 104 cm³/mol. The molecule has 0 fully saturated rings. The van der Waals surface area contributed by atoms with Crippen LogP contribution < -0.4 is 11.4 Å². The van der Waals surface area contributed by atoms with Gasteiger partial charge in [-0.1, -0.05) is 19.6 Å². The summed E-state index contributed by atoms with van der Waals surface area (Å²) in [5, 5.41) is 6.64. The molecule has 3 aromatic heterocycles. The van der Waals surface area contributed by atoms with Crippen LogP contribution in [-0.4, -0.2) is 42.8 Å². The summed E-state index contributed by atoms with van der Waals surface area (Å²) in [6.45, 7) is 0.197. The van der Waals surface area contributed by atoms with Crippen LogP contribution in [0.1, 0.15) is 23.3 Å². The van der Waals surface area contributed by atoms with Gasteiger partial charge in [0, 0.05) is 6.20 Å². The molecule has 28 heavy (non-hydrogen) atoms. The van der Waals surface area contributed by atoms with Gasteiger partial charge in [-0.15, -0.1) is 0 Å². The minimum Gasteiger partial charge on any atom is -0.465 e. The number of aromatic amines is 2. The Kier molecular flexibility index (Phi) is 4.94. The van der Waals surface area contributed by atoms with Crippen LogP contribution in [0.5, 0.6) is 0 Å². The van der Waals surface area contributed by atoms with Crippen molar-refractivity contribution >= 4 is 23.0 Å². The third-order valence-electron chi connectivity index (χ3n) is 4.08. The summed E-state index contributed by atoms with van der Waals surface area (Å²) in [6.07, 6.45) is 1.57. The molecule has 0 atom stereocenters. The van der Waals surface area contributed by atoms with E-state index in [4.69, 9.17) is 10.5 Å². The topological polar surface area (TPSA) is 145 Å². The van der Waals surface area contributed by atoms with Crippen LogP contribution in [0.15, 0.2) is 41.3 Å². The number of methoxy groups -OCH3 is 1. The summed E-state index contributed by atoms with van der Waals surface area (Å²) in [5.41, 5.74) is 8.04. The van der Waals surface area contributed by atoms with E-state index in [2.05, 4.69) is 25.1 Å². The summed E-state index contributed by atoms with van der Waals surface area (Å²) in [7, 11) is 1.32. The van der Waals surface area contributed by atoms with Gasteiger partial charge in [0.05, 0.1) is 19.2 Å². The fourth-order valence-corrected chi connectivity index (χ4v) is 2.80. The van der Waals surface area contributed by atoms with E-state index >= 15 is 0 Å². The maximum absolute atomic E-state index is 12.4. The minimum atomic E-state index is -0.448. The first-order valence-electron chi connectivity index (χ1n) is 8.00. The molecule has 4 aromatic rings. The number of nitrogens with two attached hydrogens (primary N) is 1. The van der Waals surface area contributed by atoms with Gasteiger partial charge in [-0.2, -0.15) is 5.10 Å². The number of nitrogens with zero attached hydrogens (tertiary/aromatic N) is 4. The highest BCUT2D eigenvalue weighted by atomic mass is 16.5. The van der Waals surface area contributed by atoms with Gasteiger partial charge >= 0.3 is 11.7 Å². The standard InChI is InChI=1S/C17H15N7O3.CH4/c1-27-16(25)10-4-2-3-9(7-10)8-24-15-12(20-17(24)26)13(18)21-14(22-15)11-5-6-19-23-11;/h2-7H,8H2,1H3,(H,19,23)(H,20,26)(H2,18,21,22);1H4. The van der Waals surface area contributed by atoms with Crippen LogP contribution >= 0.6 is 0 Å². The summed E-state index contributed by atoms with van der Waals surface area (Å²) >= 11 is 0. The molecule has 3 heterocycles. The molecule has 4 rings (SSSR count). The molecule has 0 aliphatic carbocycles. The first-order chi connectivity index (χ1) is 13.1. The molecule has 0 spiro atoms. The van der Waals surface area contributed by atoms with Gasteiger partial charge in [-0.3, -0.25) is 9.67 Å². The van der Waals surface area contributed by atoms with Crippen LogP contribution in [0, 0.1) is 0 Å². The van der Waals surface area contributed by atoms with Crippen LogP contribution in [0.4, 0.5) is 5.82 Å². The first kappa shape index (κ1) is 18.8. The lowest BCUT2D eigenvalue weighted by Gasteiger charge is -2.06. The second-order valence-electron chi connectivity index (χ2n) is 5.81. The number of hydrogen-bond donors (Lipinski definition) is 3. The third-order valence-corrected chi connectivity index (χ3v) is 4.08. The zero-order valence-electron chi connectivity index (χ0n) is 14.3. The Morgan fingerprint density at radius 3 is 2.82 bits per heavy atom. The second-order valence-corrected chi connectivity index (χ2v) is 5.81. The molecule has 10 heteroatoms.